The number of aromatic nitrogens is 2. The van der Waals surface area contributed by atoms with Crippen LogP contribution in [0.4, 0.5) is 4.39 Å². The Morgan fingerprint density at radius 1 is 1.67 bits per heavy atom. The molecule has 1 heterocycles. The van der Waals surface area contributed by atoms with Crippen LogP contribution in [0.15, 0.2) is 6.07 Å². The maximum absolute atomic E-state index is 12.6. The molecule has 4 heteroatoms. The molecule has 0 fully saturated rings. The Balaban J connectivity index is 3.02. The van der Waals surface area contributed by atoms with E-state index in [1.807, 2.05) is 0 Å². The normalized spacial score (nSPS) is 13.0. The molecule has 0 saturated carbocycles. The van der Waals surface area contributed by atoms with Gasteiger partial charge in [0.25, 0.3) is 5.91 Å². The molecule has 0 amide bonds. The van der Waals surface area contributed by atoms with E-state index in [2.05, 4.69) is 5.10 Å². The molecular weight excluding hydrogens is 159 g/mol. The molecule has 0 bridgehead atoms. The highest BCUT2D eigenvalue weighted by Gasteiger charge is 2.16. The Labute approximate surface area is 70.2 Å². The van der Waals surface area contributed by atoms with Crippen molar-refractivity contribution in [2.24, 2.45) is 0 Å². The zero-order valence-electron chi connectivity index (χ0n) is 7.34. The van der Waals surface area contributed by atoms with E-state index < -0.39 is 12.1 Å². The standard InChI is InChI=1S/C8H11FN2O/c1-5-4-6(2)11(10-5)8(12)7(3)9/h4,7H,1-3H3/t7-/m1/s1. The number of nitrogens with zero attached hydrogens (tertiary/aromatic N) is 2. The second kappa shape index (κ2) is 3.05. The second-order valence-electron chi connectivity index (χ2n) is 2.79. The quantitative estimate of drug-likeness (QED) is 0.640. The minimum atomic E-state index is -1.50. The molecule has 0 aliphatic rings. The fourth-order valence-corrected chi connectivity index (χ4v) is 1.02. The van der Waals surface area contributed by atoms with Crippen molar-refractivity contribution in [2.45, 2.75) is 26.9 Å². The maximum atomic E-state index is 12.6. The predicted octanol–water partition coefficient (Wildman–Crippen LogP) is 1.50. The first-order valence-corrected chi connectivity index (χ1v) is 3.74. The van der Waals surface area contributed by atoms with Gasteiger partial charge in [-0.05, 0) is 26.8 Å². The smallest absolute Gasteiger partial charge is 0.269 e. The molecule has 0 saturated heterocycles. The van der Waals surface area contributed by atoms with Crippen molar-refractivity contribution in [3.8, 4) is 0 Å². The van der Waals surface area contributed by atoms with Gasteiger partial charge in [0.15, 0.2) is 6.17 Å². The zero-order chi connectivity index (χ0) is 9.30. The van der Waals surface area contributed by atoms with Crippen LogP contribution in [-0.2, 0) is 0 Å². The van der Waals surface area contributed by atoms with Gasteiger partial charge in [-0.15, -0.1) is 0 Å². The number of carbonyl (C=O) groups is 1. The highest BCUT2D eigenvalue weighted by atomic mass is 19.1. The van der Waals surface area contributed by atoms with Gasteiger partial charge < -0.3 is 0 Å². The highest BCUT2D eigenvalue weighted by Crippen LogP contribution is 2.04. The summed E-state index contributed by atoms with van der Waals surface area (Å²) in [5, 5.41) is 3.86. The number of hydrogen-bond donors (Lipinski definition) is 0. The molecule has 0 N–H and O–H groups in total. The molecule has 1 aromatic rings. The average Bonchev–Trinajstić information content (AvgIpc) is 2.28. The van der Waals surface area contributed by atoms with Gasteiger partial charge in [0.1, 0.15) is 0 Å². The average molecular weight is 170 g/mol. The summed E-state index contributed by atoms with van der Waals surface area (Å²) < 4.78 is 13.7. The zero-order valence-corrected chi connectivity index (χ0v) is 7.34. The molecule has 0 aliphatic carbocycles. The fourth-order valence-electron chi connectivity index (χ4n) is 1.02. The Morgan fingerprint density at radius 2 is 2.25 bits per heavy atom. The number of carbonyl (C=O) groups excluding carboxylic acids is 1. The lowest BCUT2D eigenvalue weighted by atomic mass is 10.4. The van der Waals surface area contributed by atoms with E-state index in [1.54, 1.807) is 19.9 Å². The number of hydrogen-bond acceptors (Lipinski definition) is 2. The molecule has 0 unspecified atom stereocenters. The van der Waals surface area contributed by atoms with Crippen LogP contribution < -0.4 is 0 Å². The van der Waals surface area contributed by atoms with Crippen molar-refractivity contribution < 1.29 is 9.18 Å². The number of halogens is 1. The van der Waals surface area contributed by atoms with Crippen LogP contribution in [0.25, 0.3) is 0 Å². The first-order chi connectivity index (χ1) is 5.52. The molecule has 0 spiro atoms. The minimum Gasteiger partial charge on any atom is -0.269 e. The van der Waals surface area contributed by atoms with Crippen LogP contribution in [0.5, 0.6) is 0 Å². The first kappa shape index (κ1) is 8.90. The molecule has 1 rings (SSSR count). The second-order valence-corrected chi connectivity index (χ2v) is 2.79. The van der Waals surface area contributed by atoms with Gasteiger partial charge >= 0.3 is 0 Å². The molecule has 0 radical (unpaired) electrons. The fraction of sp³-hybridized carbons (Fsp3) is 0.500. The van der Waals surface area contributed by atoms with Gasteiger partial charge in [-0.1, -0.05) is 0 Å². The highest BCUT2D eigenvalue weighted by molar-refractivity contribution is 5.82. The lowest BCUT2D eigenvalue weighted by Gasteiger charge is -2.02. The summed E-state index contributed by atoms with van der Waals surface area (Å²) in [6.45, 7) is 4.69. The summed E-state index contributed by atoms with van der Waals surface area (Å²) in [6.07, 6.45) is -1.50. The lowest BCUT2D eigenvalue weighted by molar-refractivity contribution is 0.0785. The van der Waals surface area contributed by atoms with Crippen LogP contribution in [0.1, 0.15) is 23.1 Å². The van der Waals surface area contributed by atoms with Gasteiger partial charge in [-0.25, -0.2) is 9.07 Å². The van der Waals surface area contributed by atoms with Gasteiger partial charge in [-0.2, -0.15) is 5.10 Å². The summed E-state index contributed by atoms with van der Waals surface area (Å²) in [5.41, 5.74) is 1.39. The minimum absolute atomic E-state index is 0.611. The lowest BCUT2D eigenvalue weighted by Crippen LogP contribution is -2.22. The molecule has 1 aromatic heterocycles. The van der Waals surface area contributed by atoms with Gasteiger partial charge in [0.2, 0.25) is 0 Å². The molecule has 0 aliphatic heterocycles. The maximum Gasteiger partial charge on any atom is 0.281 e. The van der Waals surface area contributed by atoms with Gasteiger partial charge in [-0.3, -0.25) is 4.79 Å². The first-order valence-electron chi connectivity index (χ1n) is 3.74. The Hall–Kier alpha value is -1.19. The molecule has 3 nitrogen and oxygen atoms in total. The number of aryl methyl sites for hydroxylation is 2. The van der Waals surface area contributed by atoms with Gasteiger partial charge in [0.05, 0.1) is 5.69 Å². The predicted molar refractivity (Wildman–Crippen MR) is 42.9 cm³/mol. The van der Waals surface area contributed by atoms with Crippen molar-refractivity contribution in [3.05, 3.63) is 17.5 Å². The number of rotatable bonds is 1. The van der Waals surface area contributed by atoms with Crippen LogP contribution in [0, 0.1) is 13.8 Å². The van der Waals surface area contributed by atoms with E-state index in [1.165, 1.54) is 6.92 Å². The third-order valence-corrected chi connectivity index (χ3v) is 1.56. The molecule has 1 atom stereocenters. The van der Waals surface area contributed by atoms with Crippen LogP contribution in [-0.4, -0.2) is 21.9 Å². The summed E-state index contributed by atoms with van der Waals surface area (Å²) >= 11 is 0. The Bertz CT molecular complexity index is 304. The largest absolute Gasteiger partial charge is 0.281 e. The molecule has 66 valence electrons. The van der Waals surface area contributed by atoms with Crippen LogP contribution >= 0.6 is 0 Å². The molecule has 0 aromatic carbocycles. The SMILES string of the molecule is Cc1cc(C)n(C(=O)[C@@H](C)F)n1. The Morgan fingerprint density at radius 3 is 2.58 bits per heavy atom. The van der Waals surface area contributed by atoms with Crippen molar-refractivity contribution >= 4 is 5.91 Å². The van der Waals surface area contributed by atoms with Crippen molar-refractivity contribution in [1.82, 2.24) is 9.78 Å². The third-order valence-electron chi connectivity index (χ3n) is 1.56. The van der Waals surface area contributed by atoms with E-state index >= 15 is 0 Å². The van der Waals surface area contributed by atoms with Crippen LogP contribution in [0.2, 0.25) is 0 Å². The van der Waals surface area contributed by atoms with E-state index in [0.29, 0.717) is 5.69 Å². The van der Waals surface area contributed by atoms with Crippen LogP contribution in [0.3, 0.4) is 0 Å². The monoisotopic (exact) mass is 170 g/mol. The summed E-state index contributed by atoms with van der Waals surface area (Å²) in [6, 6.07) is 1.74. The van der Waals surface area contributed by atoms with E-state index in [0.717, 1.165) is 10.4 Å². The topological polar surface area (TPSA) is 34.9 Å². The van der Waals surface area contributed by atoms with Crippen molar-refractivity contribution in [2.75, 3.05) is 0 Å². The molecule has 12 heavy (non-hydrogen) atoms. The summed E-state index contributed by atoms with van der Waals surface area (Å²) in [7, 11) is 0. The Kier molecular flexibility index (Phi) is 2.26. The number of alkyl halides is 1. The summed E-state index contributed by atoms with van der Waals surface area (Å²) in [4.78, 5) is 11.1. The molecular formula is C8H11FN2O. The third kappa shape index (κ3) is 1.52. The van der Waals surface area contributed by atoms with Crippen molar-refractivity contribution in [3.63, 3.8) is 0 Å². The van der Waals surface area contributed by atoms with E-state index in [4.69, 9.17) is 0 Å². The van der Waals surface area contributed by atoms with E-state index in [9.17, 15) is 9.18 Å². The summed E-state index contributed by atoms with van der Waals surface area (Å²) in [5.74, 6) is -0.611. The van der Waals surface area contributed by atoms with Gasteiger partial charge in [0, 0.05) is 5.69 Å². The van der Waals surface area contributed by atoms with Crippen molar-refractivity contribution in [1.29, 1.82) is 0 Å². The van der Waals surface area contributed by atoms with E-state index in [-0.39, 0.29) is 0 Å².